The molecular formula is C17H21N5O3. The van der Waals surface area contributed by atoms with Gasteiger partial charge in [-0.3, -0.25) is 4.79 Å². The van der Waals surface area contributed by atoms with Crippen molar-refractivity contribution in [2.24, 2.45) is 0 Å². The molecule has 1 fully saturated rings. The first kappa shape index (κ1) is 17.1. The van der Waals surface area contributed by atoms with E-state index in [-0.39, 0.29) is 12.3 Å². The van der Waals surface area contributed by atoms with Gasteiger partial charge in [-0.1, -0.05) is 0 Å². The quantitative estimate of drug-likeness (QED) is 0.843. The van der Waals surface area contributed by atoms with E-state index in [0.29, 0.717) is 24.5 Å². The molecule has 0 bridgehead atoms. The van der Waals surface area contributed by atoms with Gasteiger partial charge < -0.3 is 10.4 Å². The smallest absolute Gasteiger partial charge is 0.329 e. The topological polar surface area (TPSA) is 110 Å². The van der Waals surface area contributed by atoms with Crippen LogP contribution in [0.3, 0.4) is 0 Å². The van der Waals surface area contributed by atoms with Gasteiger partial charge in [-0.2, -0.15) is 5.10 Å². The second-order valence-corrected chi connectivity index (χ2v) is 6.62. The fourth-order valence-corrected chi connectivity index (χ4v) is 2.92. The summed E-state index contributed by atoms with van der Waals surface area (Å²) in [5, 5.41) is 16.3. The Bertz CT molecular complexity index is 847. The van der Waals surface area contributed by atoms with Crippen LogP contribution in [0, 0.1) is 27.7 Å². The number of hydrogen-bond donors (Lipinski definition) is 2. The molecule has 0 spiro atoms. The largest absolute Gasteiger partial charge is 0.480 e. The third kappa shape index (κ3) is 3.24. The third-order valence-electron chi connectivity index (χ3n) is 4.48. The summed E-state index contributed by atoms with van der Waals surface area (Å²) in [7, 11) is 0. The van der Waals surface area contributed by atoms with Gasteiger partial charge in [0, 0.05) is 22.6 Å². The zero-order valence-electron chi connectivity index (χ0n) is 14.8. The molecule has 0 aliphatic heterocycles. The molecule has 0 atom stereocenters. The van der Waals surface area contributed by atoms with E-state index in [2.05, 4.69) is 20.4 Å². The van der Waals surface area contributed by atoms with E-state index in [0.717, 1.165) is 22.6 Å². The molecule has 3 rings (SSSR count). The van der Waals surface area contributed by atoms with Crippen molar-refractivity contribution in [1.82, 2.24) is 25.1 Å². The first-order chi connectivity index (χ1) is 11.7. The average molecular weight is 343 g/mol. The molecule has 1 amide bonds. The highest BCUT2D eigenvalue weighted by atomic mass is 16.4. The van der Waals surface area contributed by atoms with Gasteiger partial charge in [0.05, 0.1) is 12.1 Å². The zero-order chi connectivity index (χ0) is 18.4. The van der Waals surface area contributed by atoms with Gasteiger partial charge in [-0.15, -0.1) is 0 Å². The van der Waals surface area contributed by atoms with Crippen LogP contribution >= 0.6 is 0 Å². The van der Waals surface area contributed by atoms with Crippen LogP contribution in [-0.2, 0) is 16.0 Å². The molecule has 1 aliphatic carbocycles. The van der Waals surface area contributed by atoms with Crippen LogP contribution in [0.5, 0.6) is 0 Å². The standard InChI is InChI=1S/C17H21N5O3/c1-9-7-10(2)19-16(18-9)22-12(4)13(11(3)21-22)8-14(23)20-17(5-6-17)15(24)25/h7H,5-6,8H2,1-4H3,(H,20,23)(H,24,25). The highest BCUT2D eigenvalue weighted by molar-refractivity contribution is 5.90. The maximum Gasteiger partial charge on any atom is 0.329 e. The highest BCUT2D eigenvalue weighted by Gasteiger charge is 2.51. The summed E-state index contributed by atoms with van der Waals surface area (Å²) in [5.74, 6) is -0.824. The Labute approximate surface area is 145 Å². The SMILES string of the molecule is Cc1cc(C)nc(-n2nc(C)c(CC(=O)NC3(C(=O)O)CC3)c2C)n1. The van der Waals surface area contributed by atoms with E-state index in [1.807, 2.05) is 33.8 Å². The van der Waals surface area contributed by atoms with Crippen LogP contribution in [0.1, 0.15) is 41.2 Å². The Balaban J connectivity index is 1.85. The molecule has 2 aromatic heterocycles. The van der Waals surface area contributed by atoms with Gasteiger partial charge in [0.25, 0.3) is 5.95 Å². The van der Waals surface area contributed by atoms with E-state index >= 15 is 0 Å². The van der Waals surface area contributed by atoms with E-state index in [1.165, 1.54) is 0 Å². The van der Waals surface area contributed by atoms with Crippen molar-refractivity contribution in [3.63, 3.8) is 0 Å². The third-order valence-corrected chi connectivity index (χ3v) is 4.48. The van der Waals surface area contributed by atoms with E-state index in [1.54, 1.807) is 4.68 Å². The van der Waals surface area contributed by atoms with Crippen LogP contribution in [0.2, 0.25) is 0 Å². The molecule has 1 saturated carbocycles. The Kier molecular flexibility index (Phi) is 4.06. The fraction of sp³-hybridized carbons (Fsp3) is 0.471. The van der Waals surface area contributed by atoms with Gasteiger partial charge in [-0.25, -0.2) is 19.4 Å². The van der Waals surface area contributed by atoms with Gasteiger partial charge in [0.15, 0.2) is 0 Å². The minimum atomic E-state index is -1.08. The summed E-state index contributed by atoms with van der Waals surface area (Å²) >= 11 is 0. The molecule has 0 unspecified atom stereocenters. The second-order valence-electron chi connectivity index (χ2n) is 6.62. The van der Waals surface area contributed by atoms with Gasteiger partial charge >= 0.3 is 5.97 Å². The summed E-state index contributed by atoms with van der Waals surface area (Å²) < 4.78 is 1.63. The summed E-state index contributed by atoms with van der Waals surface area (Å²) in [5.41, 5.74) is 2.85. The summed E-state index contributed by atoms with van der Waals surface area (Å²) in [6.07, 6.45) is 1.03. The number of hydrogen-bond acceptors (Lipinski definition) is 5. The Hall–Kier alpha value is -2.77. The average Bonchev–Trinajstić information content (AvgIpc) is 3.23. The number of nitrogens with one attached hydrogen (secondary N) is 1. The van der Waals surface area contributed by atoms with Crippen LogP contribution in [0.15, 0.2) is 6.07 Å². The lowest BCUT2D eigenvalue weighted by Crippen LogP contribution is -2.43. The van der Waals surface area contributed by atoms with Gasteiger partial charge in [0.2, 0.25) is 5.91 Å². The Morgan fingerprint density at radius 1 is 1.20 bits per heavy atom. The molecule has 0 saturated heterocycles. The molecule has 0 radical (unpaired) electrons. The lowest BCUT2D eigenvalue weighted by Gasteiger charge is -2.12. The lowest BCUT2D eigenvalue weighted by atomic mass is 10.1. The number of carboxylic acid groups (broad SMARTS) is 1. The van der Waals surface area contributed by atoms with E-state index in [4.69, 9.17) is 0 Å². The molecule has 2 N–H and O–H groups in total. The number of nitrogens with zero attached hydrogens (tertiary/aromatic N) is 4. The fourth-order valence-electron chi connectivity index (χ4n) is 2.92. The van der Waals surface area contributed by atoms with Gasteiger partial charge in [-0.05, 0) is 46.6 Å². The van der Waals surface area contributed by atoms with Gasteiger partial charge in [0.1, 0.15) is 5.54 Å². The predicted octanol–water partition coefficient (Wildman–Crippen LogP) is 1.17. The molecule has 132 valence electrons. The Morgan fingerprint density at radius 3 is 2.32 bits per heavy atom. The maximum absolute atomic E-state index is 12.3. The number of carbonyl (C=O) groups is 2. The number of amides is 1. The van der Waals surface area contributed by atoms with E-state index < -0.39 is 11.5 Å². The normalized spacial score (nSPS) is 15.0. The van der Waals surface area contributed by atoms with Crippen LogP contribution in [-0.4, -0.2) is 42.3 Å². The van der Waals surface area contributed by atoms with Crippen molar-refractivity contribution in [2.45, 2.75) is 52.5 Å². The van der Waals surface area contributed by atoms with Crippen molar-refractivity contribution in [3.05, 3.63) is 34.4 Å². The monoisotopic (exact) mass is 343 g/mol. The van der Waals surface area contributed by atoms with Crippen molar-refractivity contribution in [1.29, 1.82) is 0 Å². The summed E-state index contributed by atoms with van der Waals surface area (Å²) in [6, 6.07) is 1.88. The number of carbonyl (C=O) groups excluding carboxylic acids is 1. The lowest BCUT2D eigenvalue weighted by molar-refractivity contribution is -0.143. The Morgan fingerprint density at radius 2 is 1.80 bits per heavy atom. The van der Waals surface area contributed by atoms with Crippen molar-refractivity contribution in [2.75, 3.05) is 0 Å². The maximum atomic E-state index is 12.3. The van der Waals surface area contributed by atoms with Crippen molar-refractivity contribution < 1.29 is 14.7 Å². The number of aromatic nitrogens is 4. The minimum Gasteiger partial charge on any atom is -0.480 e. The highest BCUT2D eigenvalue weighted by Crippen LogP contribution is 2.35. The predicted molar refractivity (Wildman–Crippen MR) is 89.5 cm³/mol. The molecule has 1 aliphatic rings. The zero-order valence-corrected chi connectivity index (χ0v) is 14.8. The summed E-state index contributed by atoms with van der Waals surface area (Å²) in [4.78, 5) is 32.3. The minimum absolute atomic E-state index is 0.0808. The molecule has 2 heterocycles. The van der Waals surface area contributed by atoms with Crippen molar-refractivity contribution >= 4 is 11.9 Å². The summed E-state index contributed by atoms with van der Waals surface area (Å²) in [6.45, 7) is 7.45. The first-order valence-corrected chi connectivity index (χ1v) is 8.14. The molecule has 8 heteroatoms. The molecule has 2 aromatic rings. The molecule has 8 nitrogen and oxygen atoms in total. The number of aryl methyl sites for hydroxylation is 3. The van der Waals surface area contributed by atoms with Crippen LogP contribution < -0.4 is 5.32 Å². The molecule has 25 heavy (non-hydrogen) atoms. The number of aliphatic carboxylic acids is 1. The van der Waals surface area contributed by atoms with Crippen molar-refractivity contribution in [3.8, 4) is 5.95 Å². The number of carboxylic acids is 1. The van der Waals surface area contributed by atoms with E-state index in [9.17, 15) is 14.7 Å². The van der Waals surface area contributed by atoms with Crippen LogP contribution in [0.25, 0.3) is 5.95 Å². The second kappa shape index (κ2) is 5.94. The first-order valence-electron chi connectivity index (χ1n) is 8.14. The van der Waals surface area contributed by atoms with Crippen LogP contribution in [0.4, 0.5) is 0 Å². The molecular weight excluding hydrogens is 322 g/mol. The number of rotatable bonds is 5. The molecule has 0 aromatic carbocycles.